The minimum atomic E-state index is 0.0871. The van der Waals surface area contributed by atoms with E-state index < -0.39 is 0 Å². The van der Waals surface area contributed by atoms with Gasteiger partial charge in [-0.3, -0.25) is 0 Å². The van der Waals surface area contributed by atoms with E-state index in [-0.39, 0.29) is 5.41 Å². The largest absolute Gasteiger partial charge is 0.0826 e. The van der Waals surface area contributed by atoms with Crippen LogP contribution in [0.1, 0.15) is 42.5 Å². The minimum absolute atomic E-state index is 0.0871. The normalized spacial score (nSPS) is 26.6. The number of hydrogen-bond donors (Lipinski definition) is 0. The highest BCUT2D eigenvalue weighted by Crippen LogP contribution is 2.58. The van der Waals surface area contributed by atoms with Crippen molar-refractivity contribution in [3.05, 3.63) is 88.5 Å². The van der Waals surface area contributed by atoms with Gasteiger partial charge < -0.3 is 0 Å². The lowest BCUT2D eigenvalue weighted by atomic mass is 9.73. The fourth-order valence-corrected chi connectivity index (χ4v) is 4.49. The molecule has 0 saturated heterocycles. The first-order valence-electron chi connectivity index (χ1n) is 7.84. The van der Waals surface area contributed by atoms with Crippen molar-refractivity contribution in [1.82, 2.24) is 0 Å². The molecule has 0 aromatic heterocycles. The smallest absolute Gasteiger partial charge is 0.0466 e. The van der Waals surface area contributed by atoms with Crippen LogP contribution in [0.2, 0.25) is 0 Å². The molecule has 2 aromatic rings. The summed E-state index contributed by atoms with van der Waals surface area (Å²) in [6, 6.07) is 18.0. The molecule has 2 aliphatic carbocycles. The molecule has 0 heteroatoms. The van der Waals surface area contributed by atoms with Crippen molar-refractivity contribution < 1.29 is 0 Å². The summed E-state index contributed by atoms with van der Waals surface area (Å²) >= 11 is 0. The fourth-order valence-electron chi connectivity index (χ4n) is 4.49. The van der Waals surface area contributed by atoms with Gasteiger partial charge in [0.25, 0.3) is 0 Å². The van der Waals surface area contributed by atoms with Gasteiger partial charge in [0.2, 0.25) is 0 Å². The van der Waals surface area contributed by atoms with Gasteiger partial charge in [-0.2, -0.15) is 0 Å². The summed E-state index contributed by atoms with van der Waals surface area (Å²) in [5, 5.41) is 0. The summed E-state index contributed by atoms with van der Waals surface area (Å²) in [5.74, 6) is 0. The quantitative estimate of drug-likeness (QED) is 0.612. The Morgan fingerprint density at radius 1 is 0.857 bits per heavy atom. The van der Waals surface area contributed by atoms with E-state index in [9.17, 15) is 0 Å². The topological polar surface area (TPSA) is 0 Å². The zero-order valence-corrected chi connectivity index (χ0v) is 12.7. The Labute approximate surface area is 126 Å². The van der Waals surface area contributed by atoms with Crippen LogP contribution in [0, 0.1) is 0 Å². The molecule has 0 nitrogen and oxygen atoms in total. The Hall–Kier alpha value is -2.08. The Balaban J connectivity index is 2.10. The van der Waals surface area contributed by atoms with E-state index in [2.05, 4.69) is 74.5 Å². The Morgan fingerprint density at radius 2 is 1.57 bits per heavy atom. The lowest BCUT2D eigenvalue weighted by molar-refractivity contribution is 0.625. The SMILES string of the molecule is C/C=C1\C(=C/C)C2(CCc3ccccc32)c2ccccc21. The van der Waals surface area contributed by atoms with Crippen molar-refractivity contribution in [2.45, 2.75) is 32.1 Å². The maximum atomic E-state index is 2.33. The lowest BCUT2D eigenvalue weighted by Gasteiger charge is -2.29. The number of aryl methyl sites for hydroxylation is 1. The third-order valence-electron chi connectivity index (χ3n) is 5.25. The molecule has 0 saturated carbocycles. The van der Waals surface area contributed by atoms with E-state index >= 15 is 0 Å². The minimum Gasteiger partial charge on any atom is -0.0826 e. The van der Waals surface area contributed by atoms with Crippen molar-refractivity contribution >= 4 is 5.57 Å². The number of fused-ring (bicyclic) bond motifs is 4. The Bertz CT molecular complexity index is 776. The van der Waals surface area contributed by atoms with Gasteiger partial charge in [0.15, 0.2) is 0 Å². The van der Waals surface area contributed by atoms with Gasteiger partial charge in [0.1, 0.15) is 0 Å². The van der Waals surface area contributed by atoms with Gasteiger partial charge >= 0.3 is 0 Å². The monoisotopic (exact) mass is 272 g/mol. The van der Waals surface area contributed by atoms with Crippen molar-refractivity contribution in [2.75, 3.05) is 0 Å². The number of rotatable bonds is 0. The third kappa shape index (κ3) is 1.45. The molecular weight excluding hydrogens is 252 g/mol. The van der Waals surface area contributed by atoms with E-state index in [1.165, 1.54) is 46.2 Å². The zero-order valence-electron chi connectivity index (χ0n) is 12.7. The van der Waals surface area contributed by atoms with Crippen LogP contribution in [-0.2, 0) is 11.8 Å². The van der Waals surface area contributed by atoms with Crippen LogP contribution in [0.4, 0.5) is 0 Å². The molecule has 2 aromatic carbocycles. The molecule has 0 bridgehead atoms. The van der Waals surface area contributed by atoms with Crippen LogP contribution in [0.15, 0.2) is 66.3 Å². The standard InChI is InChI=1S/C21H20/c1-3-16-17-10-6-8-12-20(17)21(18(16)4-2)14-13-15-9-5-7-11-19(15)21/h3-12H,13-14H2,1-2H3/b16-3-,18-4+. The van der Waals surface area contributed by atoms with Gasteiger partial charge in [-0.05, 0) is 60.1 Å². The van der Waals surface area contributed by atoms with Crippen molar-refractivity contribution in [3.8, 4) is 0 Å². The summed E-state index contributed by atoms with van der Waals surface area (Å²) in [5.41, 5.74) is 8.96. The summed E-state index contributed by atoms with van der Waals surface area (Å²) in [6.45, 7) is 4.35. The van der Waals surface area contributed by atoms with Crippen LogP contribution >= 0.6 is 0 Å². The second-order valence-electron chi connectivity index (χ2n) is 6.01. The molecule has 0 radical (unpaired) electrons. The second-order valence-corrected chi connectivity index (χ2v) is 6.01. The van der Waals surface area contributed by atoms with E-state index in [0.29, 0.717) is 0 Å². The van der Waals surface area contributed by atoms with E-state index in [1.807, 2.05) is 0 Å². The molecule has 1 unspecified atom stereocenters. The van der Waals surface area contributed by atoms with Crippen LogP contribution in [0.25, 0.3) is 5.57 Å². The Kier molecular flexibility index (Phi) is 2.68. The molecule has 21 heavy (non-hydrogen) atoms. The van der Waals surface area contributed by atoms with Gasteiger partial charge in [0.05, 0.1) is 0 Å². The summed E-state index contributed by atoms with van der Waals surface area (Å²) in [4.78, 5) is 0. The maximum absolute atomic E-state index is 2.33. The second kappa shape index (κ2) is 4.46. The zero-order chi connectivity index (χ0) is 14.4. The fraction of sp³-hybridized carbons (Fsp3) is 0.238. The molecule has 104 valence electrons. The van der Waals surface area contributed by atoms with Crippen LogP contribution in [0.5, 0.6) is 0 Å². The Morgan fingerprint density at radius 3 is 2.33 bits per heavy atom. The lowest BCUT2D eigenvalue weighted by Crippen LogP contribution is -2.23. The molecule has 4 rings (SSSR count). The number of benzene rings is 2. The average Bonchev–Trinajstić information content (AvgIpc) is 3.06. The maximum Gasteiger partial charge on any atom is 0.0466 e. The summed E-state index contributed by atoms with van der Waals surface area (Å²) in [6.07, 6.45) is 6.99. The number of hydrogen-bond acceptors (Lipinski definition) is 0. The van der Waals surface area contributed by atoms with E-state index in [4.69, 9.17) is 0 Å². The van der Waals surface area contributed by atoms with E-state index in [0.717, 1.165) is 0 Å². The average molecular weight is 272 g/mol. The van der Waals surface area contributed by atoms with Crippen LogP contribution in [0.3, 0.4) is 0 Å². The van der Waals surface area contributed by atoms with Gasteiger partial charge in [-0.1, -0.05) is 60.7 Å². The highest BCUT2D eigenvalue weighted by molar-refractivity contribution is 5.92. The van der Waals surface area contributed by atoms with Crippen molar-refractivity contribution in [2.24, 2.45) is 0 Å². The van der Waals surface area contributed by atoms with Crippen LogP contribution < -0.4 is 0 Å². The van der Waals surface area contributed by atoms with Gasteiger partial charge in [-0.25, -0.2) is 0 Å². The predicted molar refractivity (Wildman–Crippen MR) is 89.4 cm³/mol. The summed E-state index contributed by atoms with van der Waals surface area (Å²) < 4.78 is 0. The molecule has 0 heterocycles. The molecule has 0 amide bonds. The van der Waals surface area contributed by atoms with Crippen LogP contribution in [-0.4, -0.2) is 0 Å². The predicted octanol–water partition coefficient (Wildman–Crippen LogP) is 5.28. The van der Waals surface area contributed by atoms with Crippen molar-refractivity contribution in [3.63, 3.8) is 0 Å². The molecule has 0 aliphatic heterocycles. The molecule has 1 spiro atoms. The highest BCUT2D eigenvalue weighted by atomic mass is 14.5. The molecule has 2 aliphatic rings. The van der Waals surface area contributed by atoms with Gasteiger partial charge in [-0.15, -0.1) is 0 Å². The van der Waals surface area contributed by atoms with Crippen molar-refractivity contribution in [1.29, 1.82) is 0 Å². The van der Waals surface area contributed by atoms with E-state index in [1.54, 1.807) is 0 Å². The third-order valence-corrected chi connectivity index (χ3v) is 5.25. The first-order chi connectivity index (χ1) is 10.3. The summed E-state index contributed by atoms with van der Waals surface area (Å²) in [7, 11) is 0. The highest BCUT2D eigenvalue weighted by Gasteiger charge is 2.49. The first-order valence-corrected chi connectivity index (χ1v) is 7.84. The molecule has 0 fully saturated rings. The van der Waals surface area contributed by atoms with Gasteiger partial charge in [0, 0.05) is 5.41 Å². The molecule has 1 atom stereocenters. The molecule has 0 N–H and O–H groups in total. The molecular formula is C21H20. The first kappa shape index (κ1) is 12.6. The number of allylic oxidation sites excluding steroid dienone is 4.